The number of hydrogen-bond donors (Lipinski definition) is 2. The van der Waals surface area contributed by atoms with E-state index in [9.17, 15) is 19.2 Å². The lowest BCUT2D eigenvalue weighted by Crippen LogP contribution is -2.20. The number of rotatable bonds is 14. The highest BCUT2D eigenvalue weighted by molar-refractivity contribution is 5.92. The fraction of sp³-hybridized carbons (Fsp3) is 0.189. The first kappa shape index (κ1) is 35.6. The molecule has 4 aromatic rings. The van der Waals surface area contributed by atoms with E-state index in [2.05, 4.69) is 21.1 Å². The summed E-state index contributed by atoms with van der Waals surface area (Å²) in [6.45, 7) is 3.85. The van der Waals surface area contributed by atoms with Gasteiger partial charge in [-0.1, -0.05) is 35.4 Å². The fourth-order valence-electron chi connectivity index (χ4n) is 4.27. The van der Waals surface area contributed by atoms with Crippen LogP contribution in [0.25, 0.3) is 0 Å². The number of carbonyl (C=O) groups excluding carboxylic acids is 4. The Kier molecular flexibility index (Phi) is 12.7. The molecule has 12 heteroatoms. The van der Waals surface area contributed by atoms with E-state index >= 15 is 0 Å². The molecule has 0 bridgehead atoms. The van der Waals surface area contributed by atoms with Crippen molar-refractivity contribution in [2.45, 2.75) is 33.1 Å². The number of ether oxygens (including phenoxy) is 4. The average molecular weight is 665 g/mol. The number of nitrogens with one attached hydrogen (secondary N) is 2. The lowest BCUT2D eigenvalue weighted by molar-refractivity contribution is -0.122. The minimum absolute atomic E-state index is 0.0612. The maximum absolute atomic E-state index is 12.5. The van der Waals surface area contributed by atoms with Crippen LogP contribution >= 0.6 is 0 Å². The molecule has 4 rings (SSSR count). The summed E-state index contributed by atoms with van der Waals surface area (Å²) in [4.78, 5) is 49.3. The molecule has 12 nitrogen and oxygen atoms in total. The molecule has 0 radical (unpaired) electrons. The SMILES string of the molecule is COc1cc(C=NNC(=O)CCCC(=O)NN=Cc2ccc(OC(=O)c3ccc(C)cc3)c(OC)c2)ccc1OC(=O)c1ccc(C)cc1. The van der Waals surface area contributed by atoms with E-state index in [1.54, 1.807) is 60.7 Å². The molecule has 2 amide bonds. The van der Waals surface area contributed by atoms with Gasteiger partial charge in [-0.3, -0.25) is 9.59 Å². The molecule has 0 saturated heterocycles. The van der Waals surface area contributed by atoms with Gasteiger partial charge >= 0.3 is 11.9 Å². The molecule has 0 fully saturated rings. The Bertz CT molecular complexity index is 1720. The summed E-state index contributed by atoms with van der Waals surface area (Å²) in [5.74, 6) is -0.661. The van der Waals surface area contributed by atoms with Crippen molar-refractivity contribution in [1.82, 2.24) is 10.9 Å². The van der Waals surface area contributed by atoms with Crippen LogP contribution in [0.15, 0.2) is 95.1 Å². The maximum atomic E-state index is 12.5. The molecule has 0 aliphatic rings. The lowest BCUT2D eigenvalue weighted by Gasteiger charge is -2.10. The number of methoxy groups -OCH3 is 2. The third-order valence-corrected chi connectivity index (χ3v) is 6.97. The van der Waals surface area contributed by atoms with E-state index in [-0.39, 0.29) is 42.6 Å². The van der Waals surface area contributed by atoms with Crippen LogP contribution in [-0.2, 0) is 9.59 Å². The van der Waals surface area contributed by atoms with Gasteiger partial charge in [0.2, 0.25) is 11.8 Å². The quantitative estimate of drug-likeness (QED) is 0.0772. The molecule has 2 N–H and O–H groups in total. The predicted molar refractivity (Wildman–Crippen MR) is 184 cm³/mol. The van der Waals surface area contributed by atoms with Crippen molar-refractivity contribution in [2.75, 3.05) is 14.2 Å². The third kappa shape index (κ3) is 10.9. The van der Waals surface area contributed by atoms with Gasteiger partial charge in [0.15, 0.2) is 23.0 Å². The van der Waals surface area contributed by atoms with Gasteiger partial charge in [0.05, 0.1) is 37.8 Å². The largest absolute Gasteiger partial charge is 0.493 e. The zero-order chi connectivity index (χ0) is 35.2. The molecule has 0 aliphatic carbocycles. The highest BCUT2D eigenvalue weighted by atomic mass is 16.6. The second kappa shape index (κ2) is 17.6. The number of aryl methyl sites for hydroxylation is 2. The van der Waals surface area contributed by atoms with Crippen LogP contribution < -0.4 is 29.8 Å². The molecule has 0 heterocycles. The Balaban J connectivity index is 1.18. The Labute approximate surface area is 283 Å². The highest BCUT2D eigenvalue weighted by Crippen LogP contribution is 2.29. The number of hydrogen-bond acceptors (Lipinski definition) is 10. The van der Waals surface area contributed by atoms with Crippen LogP contribution in [0.4, 0.5) is 0 Å². The minimum Gasteiger partial charge on any atom is -0.493 e. The Morgan fingerprint density at radius 1 is 0.571 bits per heavy atom. The van der Waals surface area contributed by atoms with Crippen molar-refractivity contribution in [3.63, 3.8) is 0 Å². The summed E-state index contributed by atoms with van der Waals surface area (Å²) in [6, 6.07) is 23.7. The Morgan fingerprint density at radius 3 is 1.33 bits per heavy atom. The summed E-state index contributed by atoms with van der Waals surface area (Å²) in [5.41, 5.74) is 8.91. The second-order valence-corrected chi connectivity index (χ2v) is 10.8. The van der Waals surface area contributed by atoms with Crippen LogP contribution in [0.5, 0.6) is 23.0 Å². The van der Waals surface area contributed by atoms with Gasteiger partial charge in [-0.25, -0.2) is 20.4 Å². The fourth-order valence-corrected chi connectivity index (χ4v) is 4.27. The normalized spacial score (nSPS) is 10.9. The first-order chi connectivity index (χ1) is 23.6. The van der Waals surface area contributed by atoms with E-state index in [0.717, 1.165) is 11.1 Å². The van der Waals surface area contributed by atoms with E-state index in [1.807, 2.05) is 38.1 Å². The third-order valence-electron chi connectivity index (χ3n) is 6.97. The summed E-state index contributed by atoms with van der Waals surface area (Å²) in [5, 5.41) is 7.90. The average Bonchev–Trinajstić information content (AvgIpc) is 3.09. The smallest absolute Gasteiger partial charge is 0.343 e. The number of hydrazone groups is 2. The van der Waals surface area contributed by atoms with Crippen molar-refractivity contribution >= 4 is 36.2 Å². The summed E-state index contributed by atoms with van der Waals surface area (Å²) in [6.07, 6.45) is 3.23. The first-order valence-electron chi connectivity index (χ1n) is 15.2. The first-order valence-corrected chi connectivity index (χ1v) is 15.2. The van der Waals surface area contributed by atoms with Crippen molar-refractivity contribution in [3.8, 4) is 23.0 Å². The van der Waals surface area contributed by atoms with E-state index < -0.39 is 11.9 Å². The van der Waals surface area contributed by atoms with Crippen molar-refractivity contribution in [1.29, 1.82) is 0 Å². The van der Waals surface area contributed by atoms with Gasteiger partial charge in [0, 0.05) is 12.8 Å². The predicted octanol–water partition coefficient (Wildman–Crippen LogP) is 5.53. The van der Waals surface area contributed by atoms with Gasteiger partial charge in [-0.05, 0) is 92.1 Å². The molecule has 0 atom stereocenters. The molecular weight excluding hydrogens is 628 g/mol. The van der Waals surface area contributed by atoms with Crippen LogP contribution in [-0.4, -0.2) is 50.4 Å². The highest BCUT2D eigenvalue weighted by Gasteiger charge is 2.14. The van der Waals surface area contributed by atoms with Gasteiger partial charge in [0.25, 0.3) is 0 Å². The number of carbonyl (C=O) groups is 4. The standard InChI is InChI=1S/C37H36N4O8/c1-24-8-14-28(15-9-24)36(44)48-30-18-12-26(20-32(30)46-3)22-38-40-34(42)6-5-7-35(43)41-39-23-27-13-19-31(33(21-27)47-4)49-37(45)29-16-10-25(2)11-17-29/h8-23H,5-7H2,1-4H3,(H,40,42)(H,41,43). The van der Waals surface area contributed by atoms with Crippen LogP contribution in [0.3, 0.4) is 0 Å². The molecule has 49 heavy (non-hydrogen) atoms. The van der Waals surface area contributed by atoms with Gasteiger partial charge in [-0.15, -0.1) is 0 Å². The molecule has 0 unspecified atom stereocenters. The van der Waals surface area contributed by atoms with E-state index in [1.165, 1.54) is 26.6 Å². The van der Waals surface area contributed by atoms with Crippen molar-refractivity contribution in [2.24, 2.45) is 10.2 Å². The molecule has 0 aromatic heterocycles. The van der Waals surface area contributed by atoms with Gasteiger partial charge in [-0.2, -0.15) is 10.2 Å². The lowest BCUT2D eigenvalue weighted by atomic mass is 10.1. The number of esters is 2. The van der Waals surface area contributed by atoms with E-state index in [0.29, 0.717) is 33.8 Å². The van der Waals surface area contributed by atoms with Crippen LogP contribution in [0, 0.1) is 13.8 Å². The van der Waals surface area contributed by atoms with Crippen molar-refractivity contribution in [3.05, 3.63) is 118 Å². The molecule has 0 spiro atoms. The molecule has 0 saturated carbocycles. The monoisotopic (exact) mass is 664 g/mol. The van der Waals surface area contributed by atoms with Gasteiger partial charge in [0.1, 0.15) is 0 Å². The Morgan fingerprint density at radius 2 is 0.959 bits per heavy atom. The summed E-state index contributed by atoms with van der Waals surface area (Å²) in [7, 11) is 2.90. The van der Waals surface area contributed by atoms with Crippen molar-refractivity contribution < 1.29 is 38.1 Å². The van der Waals surface area contributed by atoms with Crippen LogP contribution in [0.2, 0.25) is 0 Å². The van der Waals surface area contributed by atoms with Gasteiger partial charge < -0.3 is 18.9 Å². The molecule has 4 aromatic carbocycles. The second-order valence-electron chi connectivity index (χ2n) is 10.8. The number of benzene rings is 4. The number of amides is 2. The maximum Gasteiger partial charge on any atom is 0.343 e. The Hall–Kier alpha value is -6.30. The zero-order valence-electron chi connectivity index (χ0n) is 27.5. The molecular formula is C37H36N4O8. The topological polar surface area (TPSA) is 154 Å². The molecule has 252 valence electrons. The molecule has 0 aliphatic heterocycles. The minimum atomic E-state index is -0.515. The van der Waals surface area contributed by atoms with E-state index in [4.69, 9.17) is 18.9 Å². The summed E-state index contributed by atoms with van der Waals surface area (Å²) >= 11 is 0. The van der Waals surface area contributed by atoms with Crippen LogP contribution in [0.1, 0.15) is 62.2 Å². The zero-order valence-corrected chi connectivity index (χ0v) is 27.5. The summed E-state index contributed by atoms with van der Waals surface area (Å²) < 4.78 is 21.6. The number of nitrogens with zero attached hydrogens (tertiary/aromatic N) is 2.